The Labute approximate surface area is 232 Å². The zero-order chi connectivity index (χ0) is 28.6. The number of rotatable bonds is 10. The average Bonchev–Trinajstić information content (AvgIpc) is 2.93. The molecule has 0 aliphatic heterocycles. The highest BCUT2D eigenvalue weighted by Crippen LogP contribution is 2.29. The quantitative estimate of drug-likeness (QED) is 0.178. The lowest BCUT2D eigenvalue weighted by atomic mass is 10.1. The standard InChI is InChI=1S/C32H30N2O6/c1-20-4-14-29(27(16-20)33-31(37)23-6-10-25(35)11-7-23)39-18-22(3)19-40-30-15-5-21(2)17-28(30)34-32(38)24-8-12-26(36)13-9-24/h4-17,35-36H,3,18-19H2,1-2H3,(H,33,37)(H,34,38). The Morgan fingerprint density at radius 2 is 1.02 bits per heavy atom. The first kappa shape index (κ1) is 27.8. The first-order valence-electron chi connectivity index (χ1n) is 12.5. The van der Waals surface area contributed by atoms with Crippen LogP contribution in [-0.2, 0) is 0 Å². The number of phenolic OH excluding ortho intramolecular Hbond substituents is 2. The summed E-state index contributed by atoms with van der Waals surface area (Å²) in [5.74, 6) is 0.425. The van der Waals surface area contributed by atoms with Crippen molar-refractivity contribution in [3.05, 3.63) is 119 Å². The van der Waals surface area contributed by atoms with Gasteiger partial charge in [-0.25, -0.2) is 0 Å². The molecule has 2 amide bonds. The lowest BCUT2D eigenvalue weighted by Gasteiger charge is -2.16. The summed E-state index contributed by atoms with van der Waals surface area (Å²) in [6.45, 7) is 8.12. The number of benzene rings is 4. The van der Waals surface area contributed by atoms with Gasteiger partial charge in [0.2, 0.25) is 0 Å². The van der Waals surface area contributed by atoms with Crippen molar-refractivity contribution in [2.75, 3.05) is 23.8 Å². The van der Waals surface area contributed by atoms with Crippen LogP contribution in [0.2, 0.25) is 0 Å². The summed E-state index contributed by atoms with van der Waals surface area (Å²) in [6, 6.07) is 22.8. The van der Waals surface area contributed by atoms with Crippen LogP contribution < -0.4 is 20.1 Å². The second-order valence-corrected chi connectivity index (χ2v) is 9.33. The fourth-order valence-electron chi connectivity index (χ4n) is 3.75. The van der Waals surface area contributed by atoms with Crippen LogP contribution in [-0.4, -0.2) is 35.2 Å². The van der Waals surface area contributed by atoms with E-state index in [-0.39, 0.29) is 36.5 Å². The highest BCUT2D eigenvalue weighted by molar-refractivity contribution is 6.05. The SMILES string of the molecule is C=C(COc1ccc(C)cc1NC(=O)c1ccc(O)cc1)COc1ccc(C)cc1NC(=O)c1ccc(O)cc1. The van der Waals surface area contributed by atoms with Gasteiger partial charge in [-0.3, -0.25) is 9.59 Å². The van der Waals surface area contributed by atoms with E-state index in [1.165, 1.54) is 48.5 Å². The molecule has 0 saturated heterocycles. The molecule has 0 radical (unpaired) electrons. The van der Waals surface area contributed by atoms with E-state index in [1.807, 2.05) is 38.1 Å². The molecule has 4 N–H and O–H groups in total. The van der Waals surface area contributed by atoms with Gasteiger partial charge < -0.3 is 30.3 Å². The zero-order valence-corrected chi connectivity index (χ0v) is 22.2. The van der Waals surface area contributed by atoms with E-state index < -0.39 is 0 Å². The smallest absolute Gasteiger partial charge is 0.255 e. The lowest BCUT2D eigenvalue weighted by molar-refractivity contribution is 0.101. The van der Waals surface area contributed by atoms with Gasteiger partial charge in [-0.05, 0) is 103 Å². The summed E-state index contributed by atoms with van der Waals surface area (Å²) in [5, 5.41) is 24.7. The third-order valence-electron chi connectivity index (χ3n) is 5.89. The van der Waals surface area contributed by atoms with Crippen molar-refractivity contribution in [1.29, 1.82) is 0 Å². The normalized spacial score (nSPS) is 10.4. The Balaban J connectivity index is 1.37. The number of anilines is 2. The Hall–Kier alpha value is -5.24. The van der Waals surface area contributed by atoms with Crippen LogP contribution in [0.15, 0.2) is 97.1 Å². The average molecular weight is 539 g/mol. The van der Waals surface area contributed by atoms with Gasteiger partial charge in [-0.2, -0.15) is 0 Å². The van der Waals surface area contributed by atoms with E-state index in [1.54, 1.807) is 12.1 Å². The van der Waals surface area contributed by atoms with Crippen LogP contribution >= 0.6 is 0 Å². The number of nitrogens with one attached hydrogen (secondary N) is 2. The number of amides is 2. The molecule has 0 bridgehead atoms. The number of aryl methyl sites for hydroxylation is 2. The second kappa shape index (κ2) is 12.5. The first-order chi connectivity index (χ1) is 19.2. The number of hydrogen-bond donors (Lipinski definition) is 4. The maximum absolute atomic E-state index is 12.7. The Bertz CT molecular complexity index is 1410. The summed E-state index contributed by atoms with van der Waals surface area (Å²) < 4.78 is 11.9. The summed E-state index contributed by atoms with van der Waals surface area (Å²) in [6.07, 6.45) is 0. The Morgan fingerprint density at radius 1 is 0.650 bits per heavy atom. The summed E-state index contributed by atoms with van der Waals surface area (Å²) in [4.78, 5) is 25.4. The minimum Gasteiger partial charge on any atom is -0.508 e. The van der Waals surface area contributed by atoms with E-state index in [0.717, 1.165) is 11.1 Å². The minimum atomic E-state index is -0.334. The van der Waals surface area contributed by atoms with Gasteiger partial charge >= 0.3 is 0 Å². The molecular weight excluding hydrogens is 508 g/mol. The Morgan fingerprint density at radius 3 is 1.40 bits per heavy atom. The van der Waals surface area contributed by atoms with E-state index in [0.29, 0.717) is 39.6 Å². The highest BCUT2D eigenvalue weighted by Gasteiger charge is 2.13. The summed E-state index contributed by atoms with van der Waals surface area (Å²) in [5.41, 5.74) is 4.32. The fraction of sp³-hybridized carbons (Fsp3) is 0.125. The first-order valence-corrected chi connectivity index (χ1v) is 12.5. The number of hydrogen-bond acceptors (Lipinski definition) is 6. The third-order valence-corrected chi connectivity index (χ3v) is 5.89. The molecule has 40 heavy (non-hydrogen) atoms. The van der Waals surface area contributed by atoms with Gasteiger partial charge in [0.15, 0.2) is 0 Å². The van der Waals surface area contributed by atoms with Crippen molar-refractivity contribution in [3.63, 3.8) is 0 Å². The zero-order valence-electron chi connectivity index (χ0n) is 22.2. The maximum Gasteiger partial charge on any atom is 0.255 e. The monoisotopic (exact) mass is 538 g/mol. The molecule has 4 aromatic carbocycles. The predicted molar refractivity (Wildman–Crippen MR) is 155 cm³/mol. The molecule has 0 aliphatic rings. The predicted octanol–water partition coefficient (Wildman–Crippen LogP) is 6.23. The van der Waals surface area contributed by atoms with Gasteiger partial charge in [0.1, 0.15) is 36.2 Å². The van der Waals surface area contributed by atoms with E-state index in [2.05, 4.69) is 17.2 Å². The molecule has 0 unspecified atom stereocenters. The van der Waals surface area contributed by atoms with Crippen LogP contribution in [0.3, 0.4) is 0 Å². The van der Waals surface area contributed by atoms with Gasteiger partial charge in [-0.15, -0.1) is 0 Å². The van der Waals surface area contributed by atoms with Crippen molar-refractivity contribution >= 4 is 23.2 Å². The van der Waals surface area contributed by atoms with Crippen molar-refractivity contribution in [2.45, 2.75) is 13.8 Å². The van der Waals surface area contributed by atoms with Crippen LogP contribution in [0.25, 0.3) is 0 Å². The van der Waals surface area contributed by atoms with Crippen LogP contribution in [0.5, 0.6) is 23.0 Å². The van der Waals surface area contributed by atoms with Crippen LogP contribution in [0.4, 0.5) is 11.4 Å². The van der Waals surface area contributed by atoms with Crippen LogP contribution in [0.1, 0.15) is 31.8 Å². The van der Waals surface area contributed by atoms with Crippen molar-refractivity contribution in [1.82, 2.24) is 0 Å². The van der Waals surface area contributed by atoms with Crippen molar-refractivity contribution in [2.24, 2.45) is 0 Å². The number of carbonyl (C=O) groups is 2. The molecule has 0 atom stereocenters. The molecule has 8 nitrogen and oxygen atoms in total. The maximum atomic E-state index is 12.7. The Kier molecular flexibility index (Phi) is 8.71. The molecule has 8 heteroatoms. The van der Waals surface area contributed by atoms with Crippen molar-refractivity contribution < 1.29 is 29.3 Å². The molecule has 0 aromatic heterocycles. The minimum absolute atomic E-state index is 0.0781. The molecule has 0 fully saturated rings. The fourth-order valence-corrected chi connectivity index (χ4v) is 3.75. The van der Waals surface area contributed by atoms with Gasteiger partial charge in [0, 0.05) is 11.1 Å². The number of carbonyl (C=O) groups excluding carboxylic acids is 2. The van der Waals surface area contributed by atoms with E-state index in [9.17, 15) is 19.8 Å². The third kappa shape index (κ3) is 7.41. The number of phenols is 2. The molecule has 204 valence electrons. The molecule has 4 aromatic rings. The molecular formula is C32H30N2O6. The number of ether oxygens (including phenoxy) is 2. The molecule has 0 spiro atoms. The summed E-state index contributed by atoms with van der Waals surface area (Å²) in [7, 11) is 0. The largest absolute Gasteiger partial charge is 0.508 e. The molecule has 0 aliphatic carbocycles. The lowest BCUT2D eigenvalue weighted by Crippen LogP contribution is -2.15. The number of aromatic hydroxyl groups is 2. The van der Waals surface area contributed by atoms with Crippen molar-refractivity contribution in [3.8, 4) is 23.0 Å². The molecule has 0 saturated carbocycles. The van der Waals surface area contributed by atoms with Gasteiger partial charge in [0.25, 0.3) is 11.8 Å². The van der Waals surface area contributed by atoms with Gasteiger partial charge in [0.05, 0.1) is 11.4 Å². The topological polar surface area (TPSA) is 117 Å². The summed E-state index contributed by atoms with van der Waals surface area (Å²) >= 11 is 0. The molecule has 0 heterocycles. The van der Waals surface area contributed by atoms with Crippen LogP contribution in [0, 0.1) is 13.8 Å². The second-order valence-electron chi connectivity index (χ2n) is 9.33. The van der Waals surface area contributed by atoms with Gasteiger partial charge in [-0.1, -0.05) is 18.7 Å². The molecule has 4 rings (SSSR count). The van der Waals surface area contributed by atoms with E-state index in [4.69, 9.17) is 9.47 Å². The highest BCUT2D eigenvalue weighted by atomic mass is 16.5. The van der Waals surface area contributed by atoms with E-state index >= 15 is 0 Å².